The van der Waals surface area contributed by atoms with Gasteiger partial charge in [0.1, 0.15) is 6.10 Å². The molecule has 0 aromatic rings. The largest absolute Gasteiger partial charge is 0.459 e. The van der Waals surface area contributed by atoms with E-state index in [4.69, 9.17) is 14.2 Å². The second-order valence-corrected chi connectivity index (χ2v) is 4.69. The first-order valence-electron chi connectivity index (χ1n) is 6.07. The minimum absolute atomic E-state index is 0.0174. The van der Waals surface area contributed by atoms with Gasteiger partial charge in [0.15, 0.2) is 6.29 Å². The summed E-state index contributed by atoms with van der Waals surface area (Å²) in [5, 5.41) is 0. The number of fused-ring (bicyclic) bond motifs is 1. The number of carbonyl (C=O) groups excluding carboxylic acids is 1. The van der Waals surface area contributed by atoms with Crippen LogP contribution in [-0.4, -0.2) is 31.6 Å². The van der Waals surface area contributed by atoms with Crippen LogP contribution in [0.15, 0.2) is 0 Å². The van der Waals surface area contributed by atoms with E-state index in [1.807, 2.05) is 6.92 Å². The summed E-state index contributed by atoms with van der Waals surface area (Å²) in [7, 11) is 1.62. The van der Waals surface area contributed by atoms with Crippen LogP contribution in [0.4, 0.5) is 0 Å². The van der Waals surface area contributed by atoms with Crippen molar-refractivity contribution in [2.75, 3.05) is 7.11 Å². The van der Waals surface area contributed by atoms with Crippen LogP contribution in [0.25, 0.3) is 0 Å². The summed E-state index contributed by atoms with van der Waals surface area (Å²) in [6.45, 7) is 4.04. The standard InChI is InChI=1S/C12H20O4/c1-4-5-6-8-10-9(12(14-3)15-8)7(2)11(13)16-10/h7-10,12H,4-6H2,1-3H3/t7-,8-,9+,10+,12+/m0/s1. The first kappa shape index (κ1) is 11.9. The summed E-state index contributed by atoms with van der Waals surface area (Å²) < 4.78 is 16.5. The van der Waals surface area contributed by atoms with Gasteiger partial charge in [-0.1, -0.05) is 26.7 Å². The number of hydrogen-bond acceptors (Lipinski definition) is 4. The Kier molecular flexibility index (Phi) is 3.50. The van der Waals surface area contributed by atoms with Gasteiger partial charge in [-0.2, -0.15) is 0 Å². The molecule has 0 unspecified atom stereocenters. The minimum atomic E-state index is -0.284. The molecule has 92 valence electrons. The lowest BCUT2D eigenvalue weighted by atomic mass is 9.90. The summed E-state index contributed by atoms with van der Waals surface area (Å²) in [5.74, 6) is -0.150. The number of rotatable bonds is 4. The quantitative estimate of drug-likeness (QED) is 0.687. The van der Waals surface area contributed by atoms with Crippen LogP contribution in [0.1, 0.15) is 33.1 Å². The van der Waals surface area contributed by atoms with Crippen LogP contribution in [0.3, 0.4) is 0 Å². The van der Waals surface area contributed by atoms with E-state index in [2.05, 4.69) is 6.92 Å². The molecule has 2 aliphatic rings. The zero-order valence-corrected chi connectivity index (χ0v) is 10.1. The van der Waals surface area contributed by atoms with Crippen molar-refractivity contribution in [3.63, 3.8) is 0 Å². The van der Waals surface area contributed by atoms with E-state index in [0.29, 0.717) is 0 Å². The van der Waals surface area contributed by atoms with E-state index < -0.39 is 0 Å². The van der Waals surface area contributed by atoms with Gasteiger partial charge >= 0.3 is 5.97 Å². The highest BCUT2D eigenvalue weighted by Crippen LogP contribution is 2.42. The number of esters is 1. The third-order valence-electron chi connectivity index (χ3n) is 3.64. The Bertz CT molecular complexity index is 266. The first-order chi connectivity index (χ1) is 7.69. The van der Waals surface area contributed by atoms with Gasteiger partial charge in [0.05, 0.1) is 17.9 Å². The minimum Gasteiger partial charge on any atom is -0.459 e. The van der Waals surface area contributed by atoms with Crippen molar-refractivity contribution in [3.05, 3.63) is 0 Å². The maximum absolute atomic E-state index is 11.5. The van der Waals surface area contributed by atoms with Crippen LogP contribution in [0.2, 0.25) is 0 Å². The van der Waals surface area contributed by atoms with E-state index in [0.717, 1.165) is 19.3 Å². The molecule has 4 nitrogen and oxygen atoms in total. The monoisotopic (exact) mass is 228 g/mol. The zero-order chi connectivity index (χ0) is 11.7. The Morgan fingerprint density at radius 1 is 1.44 bits per heavy atom. The molecular formula is C12H20O4. The van der Waals surface area contributed by atoms with Gasteiger partial charge in [0.25, 0.3) is 0 Å². The van der Waals surface area contributed by atoms with Crippen LogP contribution in [0, 0.1) is 11.8 Å². The Labute approximate surface area is 96.2 Å². The number of methoxy groups -OCH3 is 1. The molecule has 4 heteroatoms. The Hall–Kier alpha value is -0.610. The average Bonchev–Trinajstić information content (AvgIpc) is 2.76. The van der Waals surface area contributed by atoms with Gasteiger partial charge in [-0.3, -0.25) is 4.79 Å². The molecule has 0 aromatic carbocycles. The van der Waals surface area contributed by atoms with Crippen molar-refractivity contribution in [3.8, 4) is 0 Å². The molecule has 0 amide bonds. The SMILES string of the molecule is CCCC[C@@H]1O[C@@H](OC)[C@H]2[C@@H]1OC(=O)[C@H]2C. The normalized spacial score (nSPS) is 42.2. The molecule has 16 heavy (non-hydrogen) atoms. The maximum atomic E-state index is 11.5. The van der Waals surface area contributed by atoms with E-state index in [1.165, 1.54) is 0 Å². The summed E-state index contributed by atoms with van der Waals surface area (Å²) in [5.41, 5.74) is 0. The third kappa shape index (κ3) is 1.84. The van der Waals surface area contributed by atoms with Crippen molar-refractivity contribution in [1.29, 1.82) is 0 Å². The van der Waals surface area contributed by atoms with Crippen LogP contribution < -0.4 is 0 Å². The molecule has 2 saturated heterocycles. The molecule has 2 rings (SSSR count). The Balaban J connectivity index is 2.06. The van der Waals surface area contributed by atoms with Crippen molar-refractivity contribution in [2.45, 2.75) is 51.6 Å². The highest BCUT2D eigenvalue weighted by atomic mass is 16.7. The van der Waals surface area contributed by atoms with Crippen molar-refractivity contribution >= 4 is 5.97 Å². The number of carbonyl (C=O) groups is 1. The summed E-state index contributed by atoms with van der Waals surface area (Å²) in [6.07, 6.45) is 2.79. The molecule has 0 bridgehead atoms. The summed E-state index contributed by atoms with van der Waals surface area (Å²) in [4.78, 5) is 11.5. The topological polar surface area (TPSA) is 44.8 Å². The molecule has 0 saturated carbocycles. The molecule has 5 atom stereocenters. The predicted octanol–water partition coefficient (Wildman–Crippen LogP) is 1.73. The first-order valence-corrected chi connectivity index (χ1v) is 6.07. The summed E-state index contributed by atoms with van der Waals surface area (Å²) in [6, 6.07) is 0. The van der Waals surface area contributed by atoms with Crippen LogP contribution >= 0.6 is 0 Å². The van der Waals surface area contributed by atoms with E-state index in [9.17, 15) is 4.79 Å². The lowest BCUT2D eigenvalue weighted by Crippen LogP contribution is -2.27. The fourth-order valence-electron chi connectivity index (χ4n) is 2.67. The van der Waals surface area contributed by atoms with Crippen molar-refractivity contribution < 1.29 is 19.0 Å². The fourth-order valence-corrected chi connectivity index (χ4v) is 2.67. The number of unbranched alkanes of at least 4 members (excludes halogenated alkanes) is 1. The van der Waals surface area contributed by atoms with Gasteiger partial charge in [0.2, 0.25) is 0 Å². The van der Waals surface area contributed by atoms with Crippen LogP contribution in [-0.2, 0) is 19.0 Å². The van der Waals surface area contributed by atoms with Gasteiger partial charge in [-0.15, -0.1) is 0 Å². The molecule has 0 aliphatic carbocycles. The highest BCUT2D eigenvalue weighted by molar-refractivity contribution is 5.75. The highest BCUT2D eigenvalue weighted by Gasteiger charge is 2.55. The molecule has 2 fully saturated rings. The Morgan fingerprint density at radius 3 is 2.81 bits per heavy atom. The second-order valence-electron chi connectivity index (χ2n) is 4.69. The zero-order valence-electron chi connectivity index (χ0n) is 10.1. The van der Waals surface area contributed by atoms with Gasteiger partial charge in [-0.05, 0) is 6.42 Å². The summed E-state index contributed by atoms with van der Waals surface area (Å²) >= 11 is 0. The predicted molar refractivity (Wildman–Crippen MR) is 57.7 cm³/mol. The molecular weight excluding hydrogens is 208 g/mol. The van der Waals surface area contributed by atoms with E-state index in [-0.39, 0.29) is 36.3 Å². The molecule has 0 aromatic heterocycles. The average molecular weight is 228 g/mol. The number of ether oxygens (including phenoxy) is 3. The lowest BCUT2D eigenvalue weighted by Gasteiger charge is -2.16. The fraction of sp³-hybridized carbons (Fsp3) is 0.917. The van der Waals surface area contributed by atoms with Gasteiger partial charge in [-0.25, -0.2) is 0 Å². The van der Waals surface area contributed by atoms with E-state index in [1.54, 1.807) is 7.11 Å². The second kappa shape index (κ2) is 4.72. The van der Waals surface area contributed by atoms with E-state index >= 15 is 0 Å². The maximum Gasteiger partial charge on any atom is 0.309 e. The smallest absolute Gasteiger partial charge is 0.309 e. The van der Waals surface area contributed by atoms with Gasteiger partial charge in [0, 0.05) is 7.11 Å². The van der Waals surface area contributed by atoms with Crippen molar-refractivity contribution in [1.82, 2.24) is 0 Å². The van der Waals surface area contributed by atoms with Gasteiger partial charge < -0.3 is 14.2 Å². The third-order valence-corrected chi connectivity index (χ3v) is 3.64. The molecule has 0 N–H and O–H groups in total. The molecule has 2 heterocycles. The molecule has 0 radical (unpaired) electrons. The van der Waals surface area contributed by atoms with Crippen LogP contribution in [0.5, 0.6) is 0 Å². The molecule has 0 spiro atoms. The number of hydrogen-bond donors (Lipinski definition) is 0. The molecule has 2 aliphatic heterocycles. The lowest BCUT2D eigenvalue weighted by molar-refractivity contribution is -0.162. The van der Waals surface area contributed by atoms with Crippen molar-refractivity contribution in [2.24, 2.45) is 11.8 Å². The Morgan fingerprint density at radius 2 is 2.19 bits per heavy atom.